The fourth-order valence-electron chi connectivity index (χ4n) is 5.40. The molecule has 0 spiro atoms. The zero-order valence-electron chi connectivity index (χ0n) is 21.2. The van der Waals surface area contributed by atoms with Gasteiger partial charge in [-0.1, -0.05) is 55.2 Å². The number of aryl methyl sites for hydroxylation is 1. The van der Waals surface area contributed by atoms with Gasteiger partial charge >= 0.3 is 12.1 Å². The third-order valence-corrected chi connectivity index (χ3v) is 7.50. The second kappa shape index (κ2) is 11.6. The van der Waals surface area contributed by atoms with Gasteiger partial charge in [-0.05, 0) is 61.8 Å². The number of alkyl halides is 3. The van der Waals surface area contributed by atoms with Crippen LogP contribution < -0.4 is 10.2 Å². The summed E-state index contributed by atoms with van der Waals surface area (Å²) in [5, 5.41) is 12.4. The van der Waals surface area contributed by atoms with Gasteiger partial charge in [0.25, 0.3) is 0 Å². The van der Waals surface area contributed by atoms with E-state index in [1.807, 2.05) is 54.3 Å². The largest absolute Gasteiger partial charge is 0.481 e. The third kappa shape index (κ3) is 7.49. The van der Waals surface area contributed by atoms with E-state index >= 15 is 0 Å². The Kier molecular flexibility index (Phi) is 8.45. The molecule has 2 aliphatic carbocycles. The molecule has 2 N–H and O–H groups in total. The summed E-state index contributed by atoms with van der Waals surface area (Å²) in [6.07, 6.45) is 0.573. The molecule has 37 heavy (non-hydrogen) atoms. The Morgan fingerprint density at radius 3 is 2.38 bits per heavy atom. The molecule has 1 amide bonds. The number of hydrogen-bond donors (Lipinski definition) is 2. The molecule has 200 valence electrons. The van der Waals surface area contributed by atoms with Crippen LogP contribution in [0, 0.1) is 12.8 Å². The van der Waals surface area contributed by atoms with Gasteiger partial charge in [0.1, 0.15) is 0 Å². The molecular formula is C29H35F3N2O3. The smallest absolute Gasteiger partial charge is 0.389 e. The molecular weight excluding hydrogens is 481 g/mol. The monoisotopic (exact) mass is 516 g/mol. The molecule has 8 heteroatoms. The highest BCUT2D eigenvalue weighted by Gasteiger charge is 2.44. The number of carboxylic acid groups (broad SMARTS) is 1. The number of carboxylic acids is 1. The van der Waals surface area contributed by atoms with Gasteiger partial charge in [0, 0.05) is 19.0 Å². The highest BCUT2D eigenvalue weighted by molar-refractivity contribution is 5.96. The topological polar surface area (TPSA) is 69.6 Å². The summed E-state index contributed by atoms with van der Waals surface area (Å²) in [7, 11) is 0. The van der Waals surface area contributed by atoms with Crippen molar-refractivity contribution in [3.63, 3.8) is 0 Å². The Bertz CT molecular complexity index is 1090. The molecule has 0 aliphatic heterocycles. The van der Waals surface area contributed by atoms with Crippen LogP contribution in [-0.2, 0) is 16.0 Å². The number of amides is 1. The number of halogens is 3. The zero-order chi connectivity index (χ0) is 26.6. The van der Waals surface area contributed by atoms with E-state index in [9.17, 15) is 27.9 Å². The number of anilines is 2. The van der Waals surface area contributed by atoms with Crippen molar-refractivity contribution < 1.29 is 27.9 Å². The van der Waals surface area contributed by atoms with Crippen LogP contribution in [0.25, 0.3) is 0 Å². The molecule has 2 aromatic carbocycles. The van der Waals surface area contributed by atoms with Crippen molar-refractivity contribution in [3.05, 3.63) is 59.2 Å². The van der Waals surface area contributed by atoms with Crippen LogP contribution in [0.4, 0.5) is 24.5 Å². The third-order valence-electron chi connectivity index (χ3n) is 7.50. The minimum absolute atomic E-state index is 0.0256. The zero-order valence-corrected chi connectivity index (χ0v) is 21.2. The van der Waals surface area contributed by atoms with Gasteiger partial charge in [0.2, 0.25) is 5.91 Å². The standard InChI is InChI=1S/C29H35F3N2O3/c1-19-8-10-20(11-9-19)16-27(35)33-25-17-21(23-18-24(23)28(36)37)12-13-26(25)34(15-5-14-29(30,31)32)22-6-3-2-4-7-22/h8-13,17,22-24H,2-7,14-16,18H2,1H3,(H,33,35)(H,36,37)/t23-,24-/m1/s1. The Morgan fingerprint density at radius 2 is 1.76 bits per heavy atom. The number of rotatable bonds is 10. The fraction of sp³-hybridized carbons (Fsp3) is 0.517. The maximum absolute atomic E-state index is 13.1. The average Bonchev–Trinajstić information content (AvgIpc) is 3.65. The first-order valence-electron chi connectivity index (χ1n) is 13.2. The van der Waals surface area contributed by atoms with Crippen LogP contribution in [0.15, 0.2) is 42.5 Å². The highest BCUT2D eigenvalue weighted by atomic mass is 19.4. The van der Waals surface area contributed by atoms with Gasteiger partial charge in [0.05, 0.1) is 23.7 Å². The van der Waals surface area contributed by atoms with Crippen LogP contribution in [0.2, 0.25) is 0 Å². The molecule has 0 bridgehead atoms. The fourth-order valence-corrected chi connectivity index (χ4v) is 5.40. The summed E-state index contributed by atoms with van der Waals surface area (Å²) in [6.45, 7) is 2.22. The lowest BCUT2D eigenvalue weighted by Gasteiger charge is -2.37. The molecule has 2 aromatic rings. The molecule has 2 fully saturated rings. The van der Waals surface area contributed by atoms with Crippen LogP contribution in [-0.4, -0.2) is 35.7 Å². The Morgan fingerprint density at radius 1 is 1.05 bits per heavy atom. The molecule has 0 heterocycles. The van der Waals surface area contributed by atoms with Crippen LogP contribution in [0.3, 0.4) is 0 Å². The minimum atomic E-state index is -4.22. The molecule has 0 unspecified atom stereocenters. The molecule has 0 saturated heterocycles. The summed E-state index contributed by atoms with van der Waals surface area (Å²) in [6, 6.07) is 13.4. The van der Waals surface area contributed by atoms with Crippen molar-refractivity contribution >= 4 is 23.3 Å². The highest BCUT2D eigenvalue weighted by Crippen LogP contribution is 2.49. The number of nitrogens with one attached hydrogen (secondary N) is 1. The normalized spacial score (nSPS) is 19.9. The molecule has 2 atom stereocenters. The first-order chi connectivity index (χ1) is 17.6. The number of aliphatic carboxylic acids is 1. The molecule has 0 aromatic heterocycles. The number of carbonyl (C=O) groups is 2. The Balaban J connectivity index is 1.61. The summed E-state index contributed by atoms with van der Waals surface area (Å²) in [5.41, 5.74) is 4.05. The van der Waals surface area contributed by atoms with Gasteiger partial charge in [-0.25, -0.2) is 0 Å². The van der Waals surface area contributed by atoms with Crippen LogP contribution in [0.1, 0.15) is 74.0 Å². The quantitative estimate of drug-likeness (QED) is 0.363. The summed E-state index contributed by atoms with van der Waals surface area (Å²) < 4.78 is 38.9. The maximum atomic E-state index is 13.1. The second-order valence-corrected chi connectivity index (χ2v) is 10.5. The number of nitrogens with zero attached hydrogens (tertiary/aromatic N) is 1. The van der Waals surface area contributed by atoms with E-state index in [4.69, 9.17) is 0 Å². The summed E-state index contributed by atoms with van der Waals surface area (Å²) in [5.74, 6) is -1.61. The van der Waals surface area contributed by atoms with E-state index in [1.165, 1.54) is 0 Å². The van der Waals surface area contributed by atoms with Crippen LogP contribution >= 0.6 is 0 Å². The summed E-state index contributed by atoms with van der Waals surface area (Å²) >= 11 is 0. The van der Waals surface area contributed by atoms with Crippen molar-refractivity contribution in [2.45, 2.75) is 82.8 Å². The Labute approximate surface area is 216 Å². The lowest BCUT2D eigenvalue weighted by Crippen LogP contribution is -2.38. The summed E-state index contributed by atoms with van der Waals surface area (Å²) in [4.78, 5) is 26.5. The number of carbonyl (C=O) groups excluding carboxylic acids is 1. The lowest BCUT2D eigenvalue weighted by atomic mass is 9.93. The average molecular weight is 517 g/mol. The minimum Gasteiger partial charge on any atom is -0.481 e. The molecule has 2 aliphatic rings. The predicted octanol–water partition coefficient (Wildman–Crippen LogP) is 6.85. The molecule has 5 nitrogen and oxygen atoms in total. The van der Waals surface area contributed by atoms with Gasteiger partial charge < -0.3 is 15.3 Å². The van der Waals surface area contributed by atoms with Crippen LogP contribution in [0.5, 0.6) is 0 Å². The van der Waals surface area contributed by atoms with Gasteiger partial charge in [-0.2, -0.15) is 13.2 Å². The molecule has 4 rings (SSSR count). The van der Waals surface area contributed by atoms with Crippen molar-refractivity contribution in [1.82, 2.24) is 0 Å². The van der Waals surface area contributed by atoms with E-state index < -0.39 is 24.5 Å². The first-order valence-corrected chi connectivity index (χ1v) is 13.2. The maximum Gasteiger partial charge on any atom is 0.389 e. The van der Waals surface area contributed by atoms with Crippen molar-refractivity contribution in [1.29, 1.82) is 0 Å². The van der Waals surface area contributed by atoms with Gasteiger partial charge in [-0.3, -0.25) is 9.59 Å². The van der Waals surface area contributed by atoms with E-state index in [0.29, 0.717) is 17.8 Å². The first kappa shape index (κ1) is 27.0. The van der Waals surface area contributed by atoms with E-state index in [2.05, 4.69) is 5.32 Å². The number of benzene rings is 2. The van der Waals surface area contributed by atoms with E-state index in [-0.39, 0.29) is 37.3 Å². The number of hydrogen-bond acceptors (Lipinski definition) is 3. The van der Waals surface area contributed by atoms with Gasteiger partial charge in [-0.15, -0.1) is 0 Å². The van der Waals surface area contributed by atoms with Crippen molar-refractivity contribution in [2.75, 3.05) is 16.8 Å². The van der Waals surface area contributed by atoms with Crippen molar-refractivity contribution in [2.24, 2.45) is 5.92 Å². The molecule has 0 radical (unpaired) electrons. The lowest BCUT2D eigenvalue weighted by molar-refractivity contribution is -0.138. The Hall–Kier alpha value is -3.03. The van der Waals surface area contributed by atoms with E-state index in [0.717, 1.165) is 48.8 Å². The SMILES string of the molecule is Cc1ccc(CC(=O)Nc2cc([C@H]3C[C@H]3C(=O)O)ccc2N(CCCC(F)(F)F)C2CCCCC2)cc1. The molecule has 2 saturated carbocycles. The van der Waals surface area contributed by atoms with Crippen molar-refractivity contribution in [3.8, 4) is 0 Å². The predicted molar refractivity (Wildman–Crippen MR) is 138 cm³/mol. The van der Waals surface area contributed by atoms with Gasteiger partial charge in [0.15, 0.2) is 0 Å². The van der Waals surface area contributed by atoms with E-state index in [1.54, 1.807) is 0 Å². The second-order valence-electron chi connectivity index (χ2n) is 10.5.